The van der Waals surface area contributed by atoms with Crippen LogP contribution in [0.15, 0.2) is 0 Å². The molecule has 1 saturated heterocycles. The van der Waals surface area contributed by atoms with E-state index in [1.807, 2.05) is 0 Å². The first-order valence-electron chi connectivity index (χ1n) is 6.68. The fourth-order valence-electron chi connectivity index (χ4n) is 2.29. The van der Waals surface area contributed by atoms with Crippen LogP contribution in [0.5, 0.6) is 0 Å². The minimum absolute atomic E-state index is 0.106. The highest BCUT2D eigenvalue weighted by Crippen LogP contribution is 2.33. The molecule has 2 atom stereocenters. The third-order valence-electron chi connectivity index (χ3n) is 3.70. The van der Waals surface area contributed by atoms with Gasteiger partial charge < -0.3 is 21.1 Å². The van der Waals surface area contributed by atoms with Crippen molar-refractivity contribution in [3.8, 4) is 0 Å². The standard InChI is InChI=1S/C13H23N3O4/c1-13(2,3)8-4-5-16(7-8)12(20)15-9(11(18)19)6-10(14)17/h8-9H,4-7H2,1-3H3,(H2,14,17)(H,15,20)(H,18,19). The number of primary amides is 1. The number of urea groups is 1. The molecule has 0 bridgehead atoms. The third kappa shape index (κ3) is 4.40. The zero-order valence-corrected chi connectivity index (χ0v) is 12.2. The number of hydrogen-bond donors (Lipinski definition) is 3. The molecule has 1 fully saturated rings. The molecule has 2 unspecified atom stereocenters. The molecule has 0 spiro atoms. The number of nitrogens with zero attached hydrogens (tertiary/aromatic N) is 1. The van der Waals surface area contributed by atoms with Gasteiger partial charge in [0.25, 0.3) is 0 Å². The van der Waals surface area contributed by atoms with Crippen LogP contribution >= 0.6 is 0 Å². The highest BCUT2D eigenvalue weighted by molar-refractivity contribution is 5.87. The van der Waals surface area contributed by atoms with Crippen molar-refractivity contribution in [2.75, 3.05) is 13.1 Å². The number of aliphatic carboxylic acids is 1. The van der Waals surface area contributed by atoms with E-state index in [-0.39, 0.29) is 5.41 Å². The summed E-state index contributed by atoms with van der Waals surface area (Å²) < 4.78 is 0. The Kier molecular flexibility index (Phi) is 4.97. The average molecular weight is 285 g/mol. The quantitative estimate of drug-likeness (QED) is 0.693. The molecule has 1 rings (SSSR count). The first kappa shape index (κ1) is 16.3. The van der Waals surface area contributed by atoms with Crippen LogP contribution in [0.25, 0.3) is 0 Å². The molecule has 3 amide bonds. The smallest absolute Gasteiger partial charge is 0.326 e. The Bertz CT molecular complexity index is 403. The van der Waals surface area contributed by atoms with Gasteiger partial charge in [-0.2, -0.15) is 0 Å². The predicted octanol–water partition coefficient (Wildman–Crippen LogP) is 0.393. The van der Waals surface area contributed by atoms with Gasteiger partial charge in [0, 0.05) is 13.1 Å². The molecule has 1 heterocycles. The number of carboxylic acid groups (broad SMARTS) is 1. The molecule has 1 aliphatic heterocycles. The van der Waals surface area contributed by atoms with Gasteiger partial charge in [-0.3, -0.25) is 4.79 Å². The zero-order valence-electron chi connectivity index (χ0n) is 12.2. The zero-order chi connectivity index (χ0) is 15.5. The van der Waals surface area contributed by atoms with E-state index in [9.17, 15) is 14.4 Å². The molecule has 0 aromatic heterocycles. The lowest BCUT2D eigenvalue weighted by molar-refractivity contribution is -0.140. The summed E-state index contributed by atoms with van der Waals surface area (Å²) in [5, 5.41) is 11.3. The molecule has 0 aromatic carbocycles. The minimum Gasteiger partial charge on any atom is -0.480 e. The molecule has 114 valence electrons. The molecule has 7 heteroatoms. The average Bonchev–Trinajstić information content (AvgIpc) is 2.75. The van der Waals surface area contributed by atoms with Crippen LogP contribution in [0.3, 0.4) is 0 Å². The largest absolute Gasteiger partial charge is 0.480 e. The maximum absolute atomic E-state index is 12.0. The summed E-state index contributed by atoms with van der Waals surface area (Å²) in [5.41, 5.74) is 5.08. The van der Waals surface area contributed by atoms with Gasteiger partial charge in [-0.05, 0) is 17.8 Å². The Labute approximate surface area is 118 Å². The highest BCUT2D eigenvalue weighted by Gasteiger charge is 2.35. The van der Waals surface area contributed by atoms with Gasteiger partial charge in [0.1, 0.15) is 6.04 Å². The summed E-state index contributed by atoms with van der Waals surface area (Å²) >= 11 is 0. The van der Waals surface area contributed by atoms with Crippen molar-refractivity contribution < 1.29 is 19.5 Å². The second kappa shape index (κ2) is 6.11. The van der Waals surface area contributed by atoms with Crippen LogP contribution < -0.4 is 11.1 Å². The Morgan fingerprint density at radius 3 is 2.40 bits per heavy atom. The maximum Gasteiger partial charge on any atom is 0.326 e. The maximum atomic E-state index is 12.0. The Balaban J connectivity index is 2.58. The Hall–Kier alpha value is -1.79. The minimum atomic E-state index is -1.27. The third-order valence-corrected chi connectivity index (χ3v) is 3.70. The topological polar surface area (TPSA) is 113 Å². The Morgan fingerprint density at radius 1 is 1.40 bits per heavy atom. The number of nitrogens with two attached hydrogens (primary N) is 1. The molecule has 0 aliphatic carbocycles. The Morgan fingerprint density at radius 2 is 2.00 bits per heavy atom. The lowest BCUT2D eigenvalue weighted by atomic mass is 9.80. The number of hydrogen-bond acceptors (Lipinski definition) is 3. The fraction of sp³-hybridized carbons (Fsp3) is 0.769. The molecule has 1 aliphatic rings. The van der Waals surface area contributed by atoms with Crippen LogP contribution in [-0.2, 0) is 9.59 Å². The van der Waals surface area contributed by atoms with Crippen molar-refractivity contribution in [3.63, 3.8) is 0 Å². The van der Waals surface area contributed by atoms with E-state index in [0.29, 0.717) is 19.0 Å². The number of carbonyl (C=O) groups is 3. The molecule has 7 nitrogen and oxygen atoms in total. The summed E-state index contributed by atoms with van der Waals surface area (Å²) in [5.74, 6) is -1.64. The van der Waals surface area contributed by atoms with Gasteiger partial charge in [-0.15, -0.1) is 0 Å². The van der Waals surface area contributed by atoms with Gasteiger partial charge in [-0.1, -0.05) is 20.8 Å². The normalized spacial score (nSPS) is 20.6. The molecule has 0 saturated carbocycles. The van der Waals surface area contributed by atoms with Gasteiger partial charge in [-0.25, -0.2) is 9.59 Å². The van der Waals surface area contributed by atoms with Crippen molar-refractivity contribution >= 4 is 17.9 Å². The predicted molar refractivity (Wildman–Crippen MR) is 72.9 cm³/mol. The van der Waals surface area contributed by atoms with Gasteiger partial charge in [0.2, 0.25) is 5.91 Å². The van der Waals surface area contributed by atoms with Crippen molar-refractivity contribution in [1.29, 1.82) is 0 Å². The van der Waals surface area contributed by atoms with E-state index in [4.69, 9.17) is 10.8 Å². The van der Waals surface area contributed by atoms with Crippen molar-refractivity contribution in [2.45, 2.75) is 39.7 Å². The van der Waals surface area contributed by atoms with Crippen LogP contribution in [0.4, 0.5) is 4.79 Å². The van der Waals surface area contributed by atoms with Crippen molar-refractivity contribution in [1.82, 2.24) is 10.2 Å². The lowest BCUT2D eigenvalue weighted by Gasteiger charge is -2.27. The van der Waals surface area contributed by atoms with E-state index < -0.39 is 30.4 Å². The summed E-state index contributed by atoms with van der Waals surface area (Å²) in [6.07, 6.45) is 0.488. The van der Waals surface area contributed by atoms with Gasteiger partial charge >= 0.3 is 12.0 Å². The van der Waals surface area contributed by atoms with Crippen molar-refractivity contribution in [3.05, 3.63) is 0 Å². The van der Waals surface area contributed by atoms with E-state index in [2.05, 4.69) is 26.1 Å². The van der Waals surface area contributed by atoms with E-state index in [0.717, 1.165) is 6.42 Å². The number of nitrogens with one attached hydrogen (secondary N) is 1. The molecular weight excluding hydrogens is 262 g/mol. The SMILES string of the molecule is CC(C)(C)C1CCN(C(=O)NC(CC(N)=O)C(=O)O)C1. The van der Waals surface area contributed by atoms with Crippen LogP contribution in [0, 0.1) is 11.3 Å². The van der Waals surface area contributed by atoms with E-state index in [1.54, 1.807) is 4.90 Å². The van der Waals surface area contributed by atoms with Crippen LogP contribution in [0.1, 0.15) is 33.6 Å². The monoisotopic (exact) mass is 285 g/mol. The molecular formula is C13H23N3O4. The van der Waals surface area contributed by atoms with E-state index in [1.165, 1.54) is 0 Å². The summed E-state index contributed by atoms with van der Waals surface area (Å²) in [7, 11) is 0. The summed E-state index contributed by atoms with van der Waals surface area (Å²) in [6.45, 7) is 7.54. The fourth-order valence-corrected chi connectivity index (χ4v) is 2.29. The van der Waals surface area contributed by atoms with Crippen LogP contribution in [0.2, 0.25) is 0 Å². The van der Waals surface area contributed by atoms with E-state index >= 15 is 0 Å². The molecule has 0 aromatic rings. The molecule has 0 radical (unpaired) electrons. The van der Waals surface area contributed by atoms with Gasteiger partial charge in [0.05, 0.1) is 6.42 Å². The van der Waals surface area contributed by atoms with Crippen molar-refractivity contribution in [2.24, 2.45) is 17.1 Å². The number of rotatable bonds is 4. The molecule has 20 heavy (non-hydrogen) atoms. The van der Waals surface area contributed by atoms with Gasteiger partial charge in [0.15, 0.2) is 0 Å². The number of carboxylic acids is 1. The highest BCUT2D eigenvalue weighted by atomic mass is 16.4. The van der Waals surface area contributed by atoms with Crippen LogP contribution in [-0.4, -0.2) is 47.0 Å². The lowest BCUT2D eigenvalue weighted by Crippen LogP contribution is -2.48. The second-order valence-electron chi connectivity index (χ2n) is 6.31. The number of likely N-dealkylation sites (tertiary alicyclic amines) is 1. The first-order chi connectivity index (χ1) is 9.11. The first-order valence-corrected chi connectivity index (χ1v) is 6.68. The number of amides is 3. The summed E-state index contributed by atoms with van der Waals surface area (Å²) in [4.78, 5) is 35.4. The molecule has 4 N–H and O–H groups in total. The number of carbonyl (C=O) groups excluding carboxylic acids is 2. The second-order valence-corrected chi connectivity index (χ2v) is 6.31. The summed E-state index contributed by atoms with van der Waals surface area (Å²) in [6, 6.07) is -1.72.